The summed E-state index contributed by atoms with van der Waals surface area (Å²) in [5.41, 5.74) is 4.81. The highest BCUT2D eigenvalue weighted by molar-refractivity contribution is 7.99. The van der Waals surface area contributed by atoms with E-state index in [4.69, 9.17) is 16.3 Å². The molecule has 0 spiro atoms. The lowest BCUT2D eigenvalue weighted by Crippen LogP contribution is -2.20. The molecule has 2 N–H and O–H groups in total. The zero-order valence-corrected chi connectivity index (χ0v) is 20.2. The summed E-state index contributed by atoms with van der Waals surface area (Å²) in [6.45, 7) is 2.25. The Bertz CT molecular complexity index is 1330. The highest BCUT2D eigenvalue weighted by Crippen LogP contribution is 2.28. The minimum absolute atomic E-state index is 0.0420. The van der Waals surface area contributed by atoms with E-state index in [0.29, 0.717) is 33.9 Å². The number of hydrazone groups is 1. The van der Waals surface area contributed by atoms with Gasteiger partial charge in [0.2, 0.25) is 0 Å². The number of ether oxygens (including phenoxy) is 1. The van der Waals surface area contributed by atoms with Gasteiger partial charge in [0.25, 0.3) is 5.91 Å². The molecule has 11 heteroatoms. The van der Waals surface area contributed by atoms with Gasteiger partial charge in [0.05, 0.1) is 18.6 Å². The predicted octanol–water partition coefficient (Wildman–Crippen LogP) is 4.33. The van der Waals surface area contributed by atoms with Crippen LogP contribution in [0.3, 0.4) is 0 Å². The van der Waals surface area contributed by atoms with Gasteiger partial charge in [-0.15, -0.1) is 10.2 Å². The van der Waals surface area contributed by atoms with Crippen LogP contribution < -0.4 is 10.2 Å². The Kier molecular flexibility index (Phi) is 7.96. The molecule has 0 saturated heterocycles. The maximum absolute atomic E-state index is 12.4. The maximum atomic E-state index is 12.4. The third kappa shape index (κ3) is 6.17. The zero-order valence-electron chi connectivity index (χ0n) is 18.6. The number of aromatic hydroxyl groups is 1. The Labute approximate surface area is 210 Å². The number of aromatic nitrogens is 4. The average Bonchev–Trinajstić information content (AvgIpc) is 3.30. The number of phenols is 1. The maximum Gasteiger partial charge on any atom is 0.250 e. The fourth-order valence-electron chi connectivity index (χ4n) is 3.10. The first-order chi connectivity index (χ1) is 17.0. The molecule has 0 aliphatic carbocycles. The van der Waals surface area contributed by atoms with Crippen LogP contribution in [0.1, 0.15) is 12.5 Å². The largest absolute Gasteiger partial charge is 0.504 e. The third-order valence-corrected chi connectivity index (χ3v) is 5.86. The van der Waals surface area contributed by atoms with Crippen LogP contribution in [-0.2, 0) is 4.79 Å². The van der Waals surface area contributed by atoms with Crippen molar-refractivity contribution in [3.63, 3.8) is 0 Å². The van der Waals surface area contributed by atoms with Gasteiger partial charge < -0.3 is 9.84 Å². The van der Waals surface area contributed by atoms with Gasteiger partial charge in [0, 0.05) is 28.7 Å². The number of rotatable bonds is 9. The van der Waals surface area contributed by atoms with Crippen LogP contribution in [0.25, 0.3) is 17.1 Å². The molecular weight excluding hydrogens is 488 g/mol. The number of hydrogen-bond donors (Lipinski definition) is 2. The van der Waals surface area contributed by atoms with E-state index in [1.165, 1.54) is 24.0 Å². The number of benzene rings is 2. The van der Waals surface area contributed by atoms with Gasteiger partial charge in [-0.3, -0.25) is 14.3 Å². The highest BCUT2D eigenvalue weighted by Gasteiger charge is 2.17. The molecule has 0 radical (unpaired) electrons. The van der Waals surface area contributed by atoms with Crippen molar-refractivity contribution in [3.05, 3.63) is 77.6 Å². The molecule has 0 atom stereocenters. The minimum atomic E-state index is -0.314. The highest BCUT2D eigenvalue weighted by atomic mass is 35.5. The summed E-state index contributed by atoms with van der Waals surface area (Å²) in [6.07, 6.45) is 4.84. The summed E-state index contributed by atoms with van der Waals surface area (Å²) in [5.74, 6) is 0.767. The van der Waals surface area contributed by atoms with Crippen LogP contribution in [0.4, 0.5) is 0 Å². The quantitative estimate of drug-likeness (QED) is 0.196. The molecule has 4 aromatic rings. The van der Waals surface area contributed by atoms with E-state index in [2.05, 4.69) is 25.7 Å². The van der Waals surface area contributed by atoms with Gasteiger partial charge in [-0.2, -0.15) is 5.10 Å². The van der Waals surface area contributed by atoms with Gasteiger partial charge in [0.15, 0.2) is 22.5 Å². The van der Waals surface area contributed by atoms with Gasteiger partial charge >= 0.3 is 0 Å². The van der Waals surface area contributed by atoms with E-state index in [1.54, 1.807) is 36.7 Å². The molecule has 0 saturated carbocycles. The first kappa shape index (κ1) is 24.2. The fourth-order valence-corrected chi connectivity index (χ4v) is 3.97. The average molecular weight is 509 g/mol. The number of halogens is 1. The fraction of sp³-hybridized carbons (Fsp3) is 0.125. The van der Waals surface area contributed by atoms with Crippen molar-refractivity contribution in [1.82, 2.24) is 25.2 Å². The van der Waals surface area contributed by atoms with Crippen LogP contribution >= 0.6 is 23.4 Å². The number of hydrogen-bond acceptors (Lipinski definition) is 8. The van der Waals surface area contributed by atoms with E-state index in [-0.39, 0.29) is 17.4 Å². The molecule has 2 heterocycles. The molecule has 35 heavy (non-hydrogen) atoms. The van der Waals surface area contributed by atoms with Crippen molar-refractivity contribution < 1.29 is 14.6 Å². The summed E-state index contributed by atoms with van der Waals surface area (Å²) >= 11 is 7.29. The standard InChI is InChI=1S/C24H21ClN6O3S/c1-2-34-21-13-16(3-8-20(21)32)14-27-28-22(33)15-35-24-30-29-23(17-9-11-26-12-10-17)31(24)19-6-4-18(25)5-7-19/h3-14,32H,2,15H2,1H3,(H,28,33)/b27-14-. The molecule has 0 bridgehead atoms. The molecule has 0 fully saturated rings. The number of phenolic OH excluding ortho intramolecular Hbond substituents is 1. The van der Waals surface area contributed by atoms with Crippen molar-refractivity contribution in [2.75, 3.05) is 12.4 Å². The number of nitrogens with one attached hydrogen (secondary N) is 1. The summed E-state index contributed by atoms with van der Waals surface area (Å²) in [7, 11) is 0. The van der Waals surface area contributed by atoms with E-state index in [0.717, 1.165) is 11.3 Å². The molecule has 2 aromatic carbocycles. The van der Waals surface area contributed by atoms with E-state index in [9.17, 15) is 9.90 Å². The number of carbonyl (C=O) groups is 1. The summed E-state index contributed by atoms with van der Waals surface area (Å²) in [5, 5.41) is 23.6. The number of amides is 1. The number of nitrogens with zero attached hydrogens (tertiary/aromatic N) is 5. The number of pyridine rings is 1. The Morgan fingerprint density at radius 2 is 1.94 bits per heavy atom. The zero-order chi connectivity index (χ0) is 24.6. The summed E-state index contributed by atoms with van der Waals surface area (Å²) in [4.78, 5) is 16.5. The third-order valence-electron chi connectivity index (χ3n) is 4.68. The van der Waals surface area contributed by atoms with Gasteiger partial charge in [-0.25, -0.2) is 5.43 Å². The Morgan fingerprint density at radius 3 is 2.69 bits per heavy atom. The topological polar surface area (TPSA) is 115 Å². The van der Waals surface area contributed by atoms with Crippen LogP contribution in [0.5, 0.6) is 11.5 Å². The molecule has 2 aromatic heterocycles. The van der Waals surface area contributed by atoms with Crippen LogP contribution in [0.2, 0.25) is 5.02 Å². The molecule has 178 valence electrons. The van der Waals surface area contributed by atoms with Gasteiger partial charge in [0.1, 0.15) is 0 Å². The molecule has 0 aliphatic heterocycles. The first-order valence-corrected chi connectivity index (χ1v) is 11.9. The molecule has 4 rings (SSSR count). The number of thioether (sulfide) groups is 1. The summed E-state index contributed by atoms with van der Waals surface area (Å²) < 4.78 is 7.21. The molecular formula is C24H21ClN6O3S. The first-order valence-electron chi connectivity index (χ1n) is 10.6. The minimum Gasteiger partial charge on any atom is -0.504 e. The summed E-state index contributed by atoms with van der Waals surface area (Å²) in [6, 6.07) is 15.8. The lowest BCUT2D eigenvalue weighted by Gasteiger charge is -2.10. The monoisotopic (exact) mass is 508 g/mol. The van der Waals surface area contributed by atoms with Gasteiger partial charge in [-0.05, 0) is 67.1 Å². The second-order valence-corrected chi connectivity index (χ2v) is 8.47. The van der Waals surface area contributed by atoms with Gasteiger partial charge in [-0.1, -0.05) is 23.4 Å². The van der Waals surface area contributed by atoms with Crippen LogP contribution in [0.15, 0.2) is 77.2 Å². The van der Waals surface area contributed by atoms with E-state index in [1.807, 2.05) is 35.8 Å². The lowest BCUT2D eigenvalue weighted by atomic mass is 10.2. The Balaban J connectivity index is 1.46. The number of carbonyl (C=O) groups excluding carboxylic acids is 1. The Morgan fingerprint density at radius 1 is 1.17 bits per heavy atom. The Hall–Kier alpha value is -3.89. The van der Waals surface area contributed by atoms with Crippen molar-refractivity contribution in [1.29, 1.82) is 0 Å². The van der Waals surface area contributed by atoms with Crippen molar-refractivity contribution >= 4 is 35.5 Å². The second-order valence-electron chi connectivity index (χ2n) is 7.10. The second kappa shape index (κ2) is 11.5. The smallest absolute Gasteiger partial charge is 0.250 e. The molecule has 1 amide bonds. The van der Waals surface area contributed by atoms with Crippen LogP contribution in [0, 0.1) is 0 Å². The molecule has 0 unspecified atom stereocenters. The van der Waals surface area contributed by atoms with Crippen molar-refractivity contribution in [2.24, 2.45) is 5.10 Å². The molecule has 0 aliphatic rings. The normalized spacial score (nSPS) is 11.0. The predicted molar refractivity (Wildman–Crippen MR) is 135 cm³/mol. The lowest BCUT2D eigenvalue weighted by molar-refractivity contribution is -0.118. The van der Waals surface area contributed by atoms with Crippen molar-refractivity contribution in [2.45, 2.75) is 12.1 Å². The van der Waals surface area contributed by atoms with Crippen molar-refractivity contribution in [3.8, 4) is 28.6 Å². The van der Waals surface area contributed by atoms with Crippen LogP contribution in [-0.4, -0.2) is 49.3 Å². The van der Waals surface area contributed by atoms with E-state index >= 15 is 0 Å². The van der Waals surface area contributed by atoms with E-state index < -0.39 is 0 Å². The molecule has 9 nitrogen and oxygen atoms in total. The SMILES string of the molecule is CCOc1cc(/C=N\NC(=O)CSc2nnc(-c3ccncc3)n2-c2ccc(Cl)cc2)ccc1O.